The van der Waals surface area contributed by atoms with Crippen LogP contribution < -0.4 is 5.32 Å². The number of amides is 1. The van der Waals surface area contributed by atoms with E-state index in [1.165, 1.54) is 0 Å². The maximum absolute atomic E-state index is 12.6. The van der Waals surface area contributed by atoms with E-state index in [0.717, 1.165) is 11.1 Å². The molecule has 1 amide bonds. The average Bonchev–Trinajstić information content (AvgIpc) is 2.55. The third kappa shape index (κ3) is 4.41. The number of hydrogen-bond acceptors (Lipinski definition) is 2. The smallest absolute Gasteiger partial charge is 0.255 e. The molecule has 0 saturated heterocycles. The number of rotatable bonds is 3. The molecule has 4 heteroatoms. The summed E-state index contributed by atoms with van der Waals surface area (Å²) in [6.45, 7) is 9.89. The lowest BCUT2D eigenvalue weighted by Gasteiger charge is -2.21. The zero-order chi connectivity index (χ0) is 18.8. The van der Waals surface area contributed by atoms with Gasteiger partial charge in [-0.05, 0) is 60.7 Å². The summed E-state index contributed by atoms with van der Waals surface area (Å²) in [6.07, 6.45) is 0. The number of benzene rings is 2. The summed E-state index contributed by atoms with van der Waals surface area (Å²) in [5.74, 6) is -0.210. The first-order valence-corrected chi connectivity index (χ1v) is 8.55. The van der Waals surface area contributed by atoms with E-state index in [4.69, 9.17) is 11.6 Å². The van der Waals surface area contributed by atoms with Crippen molar-refractivity contribution >= 4 is 23.2 Å². The van der Waals surface area contributed by atoms with Gasteiger partial charge in [0.1, 0.15) is 0 Å². The van der Waals surface area contributed by atoms with Crippen LogP contribution in [-0.2, 0) is 10.8 Å². The minimum atomic E-state index is -0.643. The zero-order valence-corrected chi connectivity index (χ0v) is 16.0. The van der Waals surface area contributed by atoms with Crippen LogP contribution in [0, 0.1) is 11.3 Å². The molecule has 0 aliphatic heterocycles. The van der Waals surface area contributed by atoms with Crippen molar-refractivity contribution in [2.24, 2.45) is 0 Å². The lowest BCUT2D eigenvalue weighted by atomic mass is 9.85. The van der Waals surface area contributed by atoms with Gasteiger partial charge in [-0.3, -0.25) is 4.79 Å². The molecule has 0 radical (unpaired) electrons. The van der Waals surface area contributed by atoms with Crippen LogP contribution in [0.3, 0.4) is 0 Å². The highest BCUT2D eigenvalue weighted by Crippen LogP contribution is 2.32. The van der Waals surface area contributed by atoms with Crippen molar-refractivity contribution < 1.29 is 4.79 Å². The number of nitriles is 1. The number of nitrogens with one attached hydrogen (secondary N) is 1. The average molecular weight is 355 g/mol. The van der Waals surface area contributed by atoms with Gasteiger partial charge >= 0.3 is 0 Å². The predicted molar refractivity (Wildman–Crippen MR) is 103 cm³/mol. The summed E-state index contributed by atoms with van der Waals surface area (Å²) in [5.41, 5.74) is 2.25. The summed E-state index contributed by atoms with van der Waals surface area (Å²) < 4.78 is 0. The Kier molecular flexibility index (Phi) is 5.25. The van der Waals surface area contributed by atoms with Crippen LogP contribution >= 0.6 is 11.6 Å². The molecular formula is C21H23ClN2O. The van der Waals surface area contributed by atoms with Gasteiger partial charge in [-0.25, -0.2) is 0 Å². The van der Waals surface area contributed by atoms with Gasteiger partial charge in [-0.2, -0.15) is 5.26 Å². The second-order valence-electron chi connectivity index (χ2n) is 7.72. The van der Waals surface area contributed by atoms with Crippen molar-refractivity contribution in [3.8, 4) is 6.07 Å². The summed E-state index contributed by atoms with van der Waals surface area (Å²) in [4.78, 5) is 12.6. The molecule has 0 spiro atoms. The van der Waals surface area contributed by atoms with E-state index < -0.39 is 5.41 Å². The lowest BCUT2D eigenvalue weighted by molar-refractivity contribution is 0.102. The molecule has 0 aliphatic rings. The molecular weight excluding hydrogens is 332 g/mol. The van der Waals surface area contributed by atoms with Gasteiger partial charge in [0, 0.05) is 16.3 Å². The molecule has 25 heavy (non-hydrogen) atoms. The molecule has 0 aromatic heterocycles. The minimum absolute atomic E-state index is 0.117. The van der Waals surface area contributed by atoms with Gasteiger partial charge < -0.3 is 5.32 Å². The van der Waals surface area contributed by atoms with E-state index in [1.807, 2.05) is 26.0 Å². The number of nitrogens with zero attached hydrogens (tertiary/aromatic N) is 1. The van der Waals surface area contributed by atoms with Gasteiger partial charge in [0.2, 0.25) is 0 Å². The monoisotopic (exact) mass is 354 g/mol. The Bertz CT molecular complexity index is 842. The van der Waals surface area contributed by atoms with Crippen molar-refractivity contribution in [1.29, 1.82) is 5.26 Å². The molecule has 0 saturated carbocycles. The SMILES string of the molecule is CC(C)(C)c1cc(NC(=O)c2cccc(C(C)(C)C#N)c2)ccc1Cl. The Balaban J connectivity index is 2.30. The molecule has 1 N–H and O–H groups in total. The van der Waals surface area contributed by atoms with Gasteiger partial charge in [0.15, 0.2) is 0 Å². The number of halogens is 1. The number of carbonyl (C=O) groups excluding carboxylic acids is 1. The molecule has 2 aromatic carbocycles. The van der Waals surface area contributed by atoms with E-state index >= 15 is 0 Å². The number of carbonyl (C=O) groups is 1. The largest absolute Gasteiger partial charge is 0.322 e. The summed E-state index contributed by atoms with van der Waals surface area (Å²) in [5, 5.41) is 12.9. The minimum Gasteiger partial charge on any atom is -0.322 e. The van der Waals surface area contributed by atoms with E-state index in [1.54, 1.807) is 30.3 Å². The summed E-state index contributed by atoms with van der Waals surface area (Å²) >= 11 is 6.28. The highest BCUT2D eigenvalue weighted by molar-refractivity contribution is 6.31. The lowest BCUT2D eigenvalue weighted by Crippen LogP contribution is -2.17. The van der Waals surface area contributed by atoms with E-state index in [0.29, 0.717) is 16.3 Å². The van der Waals surface area contributed by atoms with Crippen molar-refractivity contribution in [1.82, 2.24) is 0 Å². The van der Waals surface area contributed by atoms with Crippen molar-refractivity contribution in [2.45, 2.75) is 45.4 Å². The first kappa shape index (κ1) is 19.0. The molecule has 130 valence electrons. The molecule has 0 unspecified atom stereocenters. The maximum atomic E-state index is 12.6. The highest BCUT2D eigenvalue weighted by Gasteiger charge is 2.21. The molecule has 0 fully saturated rings. The molecule has 0 atom stereocenters. The highest BCUT2D eigenvalue weighted by atomic mass is 35.5. The molecule has 0 aliphatic carbocycles. The molecule has 0 bridgehead atoms. The second-order valence-corrected chi connectivity index (χ2v) is 8.12. The molecule has 2 rings (SSSR count). The Labute approximate surface area is 154 Å². The predicted octanol–water partition coefficient (Wildman–Crippen LogP) is 5.69. The van der Waals surface area contributed by atoms with Gasteiger partial charge in [0.25, 0.3) is 5.91 Å². The van der Waals surface area contributed by atoms with E-state index in [2.05, 4.69) is 32.2 Å². The van der Waals surface area contributed by atoms with E-state index in [-0.39, 0.29) is 11.3 Å². The second kappa shape index (κ2) is 6.90. The van der Waals surface area contributed by atoms with Gasteiger partial charge in [-0.1, -0.05) is 44.5 Å². The molecule has 2 aromatic rings. The van der Waals surface area contributed by atoms with E-state index in [9.17, 15) is 10.1 Å². The van der Waals surface area contributed by atoms with Crippen LogP contribution in [0.25, 0.3) is 0 Å². The van der Waals surface area contributed by atoms with Crippen LogP contribution in [0.5, 0.6) is 0 Å². The van der Waals surface area contributed by atoms with Gasteiger partial charge in [-0.15, -0.1) is 0 Å². The summed E-state index contributed by atoms with van der Waals surface area (Å²) in [7, 11) is 0. The van der Waals surface area contributed by atoms with Crippen LogP contribution in [0.2, 0.25) is 5.02 Å². The quantitative estimate of drug-likeness (QED) is 0.769. The third-order valence-electron chi connectivity index (χ3n) is 4.16. The molecule has 3 nitrogen and oxygen atoms in total. The Morgan fingerprint density at radius 3 is 2.36 bits per heavy atom. The summed E-state index contributed by atoms with van der Waals surface area (Å²) in [6, 6.07) is 14.9. The van der Waals surface area contributed by atoms with Gasteiger partial charge in [0.05, 0.1) is 11.5 Å². The van der Waals surface area contributed by atoms with Crippen molar-refractivity contribution in [3.63, 3.8) is 0 Å². The Hall–Kier alpha value is -2.31. The fourth-order valence-electron chi connectivity index (χ4n) is 2.49. The van der Waals surface area contributed by atoms with Crippen LogP contribution in [0.15, 0.2) is 42.5 Å². The normalized spacial score (nSPS) is 11.7. The van der Waals surface area contributed by atoms with Crippen LogP contribution in [-0.4, -0.2) is 5.91 Å². The van der Waals surface area contributed by atoms with Crippen molar-refractivity contribution in [2.75, 3.05) is 5.32 Å². The first-order valence-electron chi connectivity index (χ1n) is 8.18. The van der Waals surface area contributed by atoms with Crippen LogP contribution in [0.1, 0.15) is 56.1 Å². The topological polar surface area (TPSA) is 52.9 Å². The number of anilines is 1. The molecule has 0 heterocycles. The van der Waals surface area contributed by atoms with Crippen LogP contribution in [0.4, 0.5) is 5.69 Å². The first-order chi connectivity index (χ1) is 11.5. The fraction of sp³-hybridized carbons (Fsp3) is 0.333. The Morgan fingerprint density at radius 2 is 1.76 bits per heavy atom. The Morgan fingerprint density at radius 1 is 1.08 bits per heavy atom. The number of hydrogen-bond donors (Lipinski definition) is 1. The zero-order valence-electron chi connectivity index (χ0n) is 15.3. The fourth-order valence-corrected chi connectivity index (χ4v) is 2.90. The van der Waals surface area contributed by atoms with Crippen molar-refractivity contribution in [3.05, 3.63) is 64.2 Å². The standard InChI is InChI=1S/C21H23ClN2O/c1-20(2,3)17-12-16(9-10-18(17)22)24-19(25)14-7-6-8-15(11-14)21(4,5)13-23/h6-12H,1-5H3,(H,24,25). The maximum Gasteiger partial charge on any atom is 0.255 e. The third-order valence-corrected chi connectivity index (χ3v) is 4.49.